The summed E-state index contributed by atoms with van der Waals surface area (Å²) in [7, 11) is 1.61. The van der Waals surface area contributed by atoms with Gasteiger partial charge < -0.3 is 4.74 Å². The SMILES string of the molecule is COc1cccc(NCl)c1Br. The molecule has 1 rings (SSSR count). The van der Waals surface area contributed by atoms with Gasteiger partial charge in [0.25, 0.3) is 0 Å². The zero-order valence-corrected chi connectivity index (χ0v) is 8.24. The van der Waals surface area contributed by atoms with Gasteiger partial charge in [-0.05, 0) is 28.1 Å². The number of rotatable bonds is 2. The summed E-state index contributed by atoms with van der Waals surface area (Å²) in [5.41, 5.74) is 0.797. The fraction of sp³-hybridized carbons (Fsp3) is 0.143. The van der Waals surface area contributed by atoms with E-state index in [1.165, 1.54) is 0 Å². The quantitative estimate of drug-likeness (QED) is 0.797. The number of hydrogen-bond acceptors (Lipinski definition) is 2. The molecule has 2 nitrogen and oxygen atoms in total. The molecular formula is C7H7BrClNO. The Morgan fingerprint density at radius 1 is 1.55 bits per heavy atom. The fourth-order valence-electron chi connectivity index (χ4n) is 0.741. The maximum Gasteiger partial charge on any atom is 0.135 e. The molecule has 60 valence electrons. The summed E-state index contributed by atoms with van der Waals surface area (Å²) in [6, 6.07) is 5.55. The third-order valence-corrected chi connectivity index (χ3v) is 2.31. The van der Waals surface area contributed by atoms with Gasteiger partial charge in [-0.25, -0.2) is 0 Å². The van der Waals surface area contributed by atoms with Gasteiger partial charge in [0.2, 0.25) is 0 Å². The number of ether oxygens (including phenoxy) is 1. The molecule has 0 aromatic heterocycles. The molecule has 0 fully saturated rings. The van der Waals surface area contributed by atoms with Crippen LogP contribution in [0.3, 0.4) is 0 Å². The maximum atomic E-state index is 5.43. The molecular weight excluding hydrogens is 229 g/mol. The van der Waals surface area contributed by atoms with E-state index < -0.39 is 0 Å². The third kappa shape index (κ3) is 1.79. The second-order valence-electron chi connectivity index (χ2n) is 1.92. The monoisotopic (exact) mass is 235 g/mol. The highest BCUT2D eigenvalue weighted by molar-refractivity contribution is 9.10. The summed E-state index contributed by atoms with van der Waals surface area (Å²) in [6.07, 6.45) is 0. The van der Waals surface area contributed by atoms with Gasteiger partial charge in [0.1, 0.15) is 5.75 Å². The van der Waals surface area contributed by atoms with Crippen LogP contribution >= 0.6 is 27.7 Å². The van der Waals surface area contributed by atoms with Crippen LogP contribution in [0.1, 0.15) is 0 Å². The average Bonchev–Trinajstić information content (AvgIpc) is 2.05. The highest BCUT2D eigenvalue weighted by Gasteiger charge is 2.03. The number of nitrogens with one attached hydrogen (secondary N) is 1. The van der Waals surface area contributed by atoms with Crippen molar-refractivity contribution >= 4 is 33.4 Å². The number of methoxy groups -OCH3 is 1. The maximum absolute atomic E-state index is 5.43. The minimum Gasteiger partial charge on any atom is -0.495 e. The fourth-order valence-corrected chi connectivity index (χ4v) is 1.54. The molecule has 0 aliphatic rings. The standard InChI is InChI=1S/C7H7BrClNO/c1-11-6-4-2-3-5(10-9)7(6)8/h2-4,10H,1H3. The van der Waals surface area contributed by atoms with Crippen LogP contribution in [0, 0.1) is 0 Å². The van der Waals surface area contributed by atoms with Gasteiger partial charge in [-0.15, -0.1) is 0 Å². The second-order valence-corrected chi connectivity index (χ2v) is 2.90. The van der Waals surface area contributed by atoms with Gasteiger partial charge in [0.15, 0.2) is 0 Å². The summed E-state index contributed by atoms with van der Waals surface area (Å²) in [6.45, 7) is 0. The van der Waals surface area contributed by atoms with Crippen LogP contribution in [-0.2, 0) is 0 Å². The van der Waals surface area contributed by atoms with E-state index in [4.69, 9.17) is 16.5 Å². The van der Waals surface area contributed by atoms with Crippen molar-refractivity contribution in [2.75, 3.05) is 11.9 Å². The molecule has 0 unspecified atom stereocenters. The molecule has 1 aromatic carbocycles. The molecule has 0 saturated carbocycles. The molecule has 0 atom stereocenters. The van der Waals surface area contributed by atoms with Crippen molar-refractivity contribution in [1.82, 2.24) is 0 Å². The van der Waals surface area contributed by atoms with Crippen molar-refractivity contribution in [3.63, 3.8) is 0 Å². The van der Waals surface area contributed by atoms with E-state index in [-0.39, 0.29) is 0 Å². The first-order chi connectivity index (χ1) is 5.29. The topological polar surface area (TPSA) is 21.3 Å². The number of halogens is 2. The molecule has 0 heterocycles. The molecule has 0 amide bonds. The number of anilines is 1. The Morgan fingerprint density at radius 3 is 2.82 bits per heavy atom. The van der Waals surface area contributed by atoms with Crippen molar-refractivity contribution in [3.8, 4) is 5.75 Å². The zero-order chi connectivity index (χ0) is 8.27. The molecule has 0 aliphatic carbocycles. The van der Waals surface area contributed by atoms with E-state index in [0.29, 0.717) is 0 Å². The van der Waals surface area contributed by atoms with Crippen LogP contribution in [0.15, 0.2) is 22.7 Å². The van der Waals surface area contributed by atoms with Gasteiger partial charge in [0.05, 0.1) is 17.3 Å². The summed E-state index contributed by atoms with van der Waals surface area (Å²) < 4.78 is 5.87. The molecule has 4 heteroatoms. The summed E-state index contributed by atoms with van der Waals surface area (Å²) in [4.78, 5) is 2.52. The first kappa shape index (κ1) is 8.68. The molecule has 0 saturated heterocycles. The predicted octanol–water partition coefficient (Wildman–Crippen LogP) is 3.02. The minimum absolute atomic E-state index is 0.760. The van der Waals surface area contributed by atoms with Gasteiger partial charge in [-0.2, -0.15) is 0 Å². The van der Waals surface area contributed by atoms with Gasteiger partial charge in [-0.3, -0.25) is 4.84 Å². The Hall–Kier alpha value is -0.410. The molecule has 0 bridgehead atoms. The summed E-state index contributed by atoms with van der Waals surface area (Å²) >= 11 is 8.76. The van der Waals surface area contributed by atoms with E-state index in [1.807, 2.05) is 18.2 Å². The van der Waals surface area contributed by atoms with E-state index in [0.717, 1.165) is 15.9 Å². The second kappa shape index (κ2) is 3.83. The first-order valence-electron chi connectivity index (χ1n) is 2.98. The zero-order valence-electron chi connectivity index (χ0n) is 5.90. The third-order valence-electron chi connectivity index (χ3n) is 1.29. The van der Waals surface area contributed by atoms with Crippen LogP contribution in [0.4, 0.5) is 5.69 Å². The van der Waals surface area contributed by atoms with Crippen molar-refractivity contribution in [2.24, 2.45) is 0 Å². The molecule has 1 N–H and O–H groups in total. The van der Waals surface area contributed by atoms with Crippen LogP contribution in [0.2, 0.25) is 0 Å². The van der Waals surface area contributed by atoms with Gasteiger partial charge in [0, 0.05) is 11.8 Å². The Kier molecular flexibility index (Phi) is 3.02. The Morgan fingerprint density at radius 2 is 2.27 bits per heavy atom. The number of benzene rings is 1. The van der Waals surface area contributed by atoms with Crippen LogP contribution in [0.25, 0.3) is 0 Å². The van der Waals surface area contributed by atoms with E-state index in [9.17, 15) is 0 Å². The summed E-state index contributed by atoms with van der Waals surface area (Å²) in [5.74, 6) is 0.760. The number of hydrogen-bond donors (Lipinski definition) is 1. The van der Waals surface area contributed by atoms with E-state index >= 15 is 0 Å². The lowest BCUT2D eigenvalue weighted by Crippen LogP contribution is -1.87. The molecule has 0 aliphatic heterocycles. The van der Waals surface area contributed by atoms with Crippen molar-refractivity contribution in [1.29, 1.82) is 0 Å². The van der Waals surface area contributed by atoms with Crippen molar-refractivity contribution < 1.29 is 4.74 Å². The normalized spacial score (nSPS) is 9.36. The Balaban J connectivity index is 3.10. The van der Waals surface area contributed by atoms with Crippen molar-refractivity contribution in [3.05, 3.63) is 22.7 Å². The Bertz CT molecular complexity index is 232. The largest absolute Gasteiger partial charge is 0.495 e. The molecule has 0 spiro atoms. The molecule has 0 radical (unpaired) electrons. The lowest BCUT2D eigenvalue weighted by Gasteiger charge is -2.05. The highest BCUT2D eigenvalue weighted by Crippen LogP contribution is 2.32. The molecule has 1 aromatic rings. The van der Waals surface area contributed by atoms with Crippen LogP contribution in [0.5, 0.6) is 5.75 Å². The van der Waals surface area contributed by atoms with Crippen molar-refractivity contribution in [2.45, 2.75) is 0 Å². The van der Waals surface area contributed by atoms with E-state index in [1.54, 1.807) is 7.11 Å². The van der Waals surface area contributed by atoms with Gasteiger partial charge >= 0.3 is 0 Å². The average molecular weight is 236 g/mol. The van der Waals surface area contributed by atoms with Crippen LogP contribution < -0.4 is 9.57 Å². The molecule has 11 heavy (non-hydrogen) atoms. The summed E-state index contributed by atoms with van der Waals surface area (Å²) in [5, 5.41) is 0. The van der Waals surface area contributed by atoms with Crippen LogP contribution in [-0.4, -0.2) is 7.11 Å². The lowest BCUT2D eigenvalue weighted by atomic mass is 10.3. The van der Waals surface area contributed by atoms with Gasteiger partial charge in [-0.1, -0.05) is 6.07 Å². The predicted molar refractivity (Wildman–Crippen MR) is 50.2 cm³/mol. The lowest BCUT2D eigenvalue weighted by molar-refractivity contribution is 0.412. The Labute approximate surface area is 78.7 Å². The minimum atomic E-state index is 0.760. The highest BCUT2D eigenvalue weighted by atomic mass is 79.9. The van der Waals surface area contributed by atoms with E-state index in [2.05, 4.69) is 20.8 Å². The first-order valence-corrected chi connectivity index (χ1v) is 4.16. The smallest absolute Gasteiger partial charge is 0.135 e.